The van der Waals surface area contributed by atoms with Crippen LogP contribution < -0.4 is 0 Å². The van der Waals surface area contributed by atoms with Crippen LogP contribution in [-0.4, -0.2) is 12.4 Å². The molecule has 0 nitrogen and oxygen atoms in total. The van der Waals surface area contributed by atoms with Gasteiger partial charge < -0.3 is 0 Å². The van der Waals surface area contributed by atoms with Gasteiger partial charge in [0.05, 0.1) is 0 Å². The fraction of sp³-hybridized carbons (Fsp3) is 0.600. The van der Waals surface area contributed by atoms with E-state index in [9.17, 15) is 26.3 Å². The van der Waals surface area contributed by atoms with Crippen LogP contribution >= 0.6 is 0 Å². The highest BCUT2D eigenvalue weighted by atomic mass is 19.4. The summed E-state index contributed by atoms with van der Waals surface area (Å²) in [6.45, 7) is 6.96. The van der Waals surface area contributed by atoms with Crippen molar-refractivity contribution >= 4 is 0 Å². The maximum absolute atomic E-state index is 12.7. The summed E-state index contributed by atoms with van der Waals surface area (Å²) < 4.78 is 75.9. The zero-order valence-electron chi connectivity index (χ0n) is 8.84. The van der Waals surface area contributed by atoms with E-state index >= 15 is 0 Å². The summed E-state index contributed by atoms with van der Waals surface area (Å²) in [5.41, 5.74) is -6.22. The highest BCUT2D eigenvalue weighted by Crippen LogP contribution is 2.60. The Morgan fingerprint density at radius 1 is 0.750 bits per heavy atom. The van der Waals surface area contributed by atoms with Crippen LogP contribution in [0.5, 0.6) is 0 Å². The first-order chi connectivity index (χ1) is 6.87. The predicted octanol–water partition coefficient (Wildman–Crippen LogP) is 4.50. The van der Waals surface area contributed by atoms with E-state index in [4.69, 9.17) is 0 Å². The van der Waals surface area contributed by atoms with E-state index in [1.54, 1.807) is 0 Å². The second-order valence-electron chi connectivity index (χ2n) is 3.81. The lowest BCUT2D eigenvalue weighted by Gasteiger charge is -2.44. The molecule has 0 aromatic heterocycles. The van der Waals surface area contributed by atoms with Crippen molar-refractivity contribution in [3.63, 3.8) is 0 Å². The van der Waals surface area contributed by atoms with Gasteiger partial charge in [-0.15, -0.1) is 13.2 Å². The Morgan fingerprint density at radius 2 is 1.00 bits per heavy atom. The van der Waals surface area contributed by atoms with E-state index in [1.807, 2.05) is 0 Å². The monoisotopic (exact) mass is 246 g/mol. The normalized spacial score (nSPS) is 14.8. The van der Waals surface area contributed by atoms with Crippen molar-refractivity contribution in [2.24, 2.45) is 10.8 Å². The molecule has 0 saturated heterocycles. The molecule has 0 saturated carbocycles. The standard InChI is InChI=1S/C10H12F6/c1-5-7(3,6-2)8(4,9(11,12)13)10(14,15)16/h5-6H,1-2H2,3-4H3. The molecule has 0 radical (unpaired) electrons. The third-order valence-electron chi connectivity index (χ3n) is 3.06. The largest absolute Gasteiger partial charge is 0.404 e. The number of rotatable bonds is 3. The lowest BCUT2D eigenvalue weighted by Crippen LogP contribution is -2.56. The first-order valence-electron chi connectivity index (χ1n) is 4.28. The summed E-state index contributed by atoms with van der Waals surface area (Å²) in [5, 5.41) is 0. The number of alkyl halides is 6. The van der Waals surface area contributed by atoms with E-state index in [0.29, 0.717) is 12.2 Å². The molecule has 0 heterocycles. The number of hydrogen-bond donors (Lipinski definition) is 0. The average Bonchev–Trinajstić information content (AvgIpc) is 2.11. The molecule has 0 aromatic rings. The van der Waals surface area contributed by atoms with Gasteiger partial charge in [0.25, 0.3) is 0 Å². The van der Waals surface area contributed by atoms with Gasteiger partial charge in [-0.3, -0.25) is 0 Å². The molecule has 0 aliphatic rings. The van der Waals surface area contributed by atoms with Crippen LogP contribution in [-0.2, 0) is 0 Å². The molecule has 0 aliphatic heterocycles. The van der Waals surface area contributed by atoms with Gasteiger partial charge >= 0.3 is 12.4 Å². The van der Waals surface area contributed by atoms with Crippen molar-refractivity contribution in [3.05, 3.63) is 25.3 Å². The van der Waals surface area contributed by atoms with Crippen molar-refractivity contribution in [1.29, 1.82) is 0 Å². The van der Waals surface area contributed by atoms with Crippen molar-refractivity contribution in [2.75, 3.05) is 0 Å². The minimum absolute atomic E-state index is 0.107. The summed E-state index contributed by atoms with van der Waals surface area (Å²) in [4.78, 5) is 0. The quantitative estimate of drug-likeness (QED) is 0.508. The van der Waals surface area contributed by atoms with Crippen molar-refractivity contribution in [2.45, 2.75) is 26.2 Å². The van der Waals surface area contributed by atoms with Crippen LogP contribution in [0.4, 0.5) is 26.3 Å². The van der Waals surface area contributed by atoms with Crippen LogP contribution in [0.1, 0.15) is 13.8 Å². The molecule has 6 heteroatoms. The minimum atomic E-state index is -5.44. The van der Waals surface area contributed by atoms with Crippen molar-refractivity contribution in [1.82, 2.24) is 0 Å². The second-order valence-corrected chi connectivity index (χ2v) is 3.81. The van der Waals surface area contributed by atoms with Gasteiger partial charge in [-0.1, -0.05) is 19.1 Å². The molecule has 0 rings (SSSR count). The van der Waals surface area contributed by atoms with Crippen molar-refractivity contribution < 1.29 is 26.3 Å². The molecular formula is C10H12F6. The van der Waals surface area contributed by atoms with E-state index < -0.39 is 23.2 Å². The third kappa shape index (κ3) is 1.85. The van der Waals surface area contributed by atoms with Crippen LogP contribution in [0, 0.1) is 10.8 Å². The Bertz CT molecular complexity index is 261. The summed E-state index contributed by atoms with van der Waals surface area (Å²) in [6.07, 6.45) is -9.66. The highest BCUT2D eigenvalue weighted by molar-refractivity contribution is 5.17. The predicted molar refractivity (Wildman–Crippen MR) is 48.7 cm³/mol. The van der Waals surface area contributed by atoms with Crippen LogP contribution in [0.2, 0.25) is 0 Å². The van der Waals surface area contributed by atoms with Crippen LogP contribution in [0.25, 0.3) is 0 Å². The Labute approximate surface area is 89.6 Å². The topological polar surface area (TPSA) is 0 Å². The maximum Gasteiger partial charge on any atom is 0.404 e. The summed E-state index contributed by atoms with van der Waals surface area (Å²) in [5.74, 6) is 0. The molecule has 16 heavy (non-hydrogen) atoms. The van der Waals surface area contributed by atoms with Gasteiger partial charge in [0, 0.05) is 5.41 Å². The van der Waals surface area contributed by atoms with Gasteiger partial charge in [0.2, 0.25) is 0 Å². The van der Waals surface area contributed by atoms with Crippen molar-refractivity contribution in [3.8, 4) is 0 Å². The van der Waals surface area contributed by atoms with Gasteiger partial charge in [-0.25, -0.2) is 0 Å². The first kappa shape index (κ1) is 15.1. The SMILES string of the molecule is C=CC(C)(C=C)C(C)(C(F)(F)F)C(F)(F)F. The Balaban J connectivity index is 5.99. The molecule has 0 aliphatic carbocycles. The molecule has 0 fully saturated rings. The lowest BCUT2D eigenvalue weighted by atomic mass is 9.64. The average molecular weight is 246 g/mol. The second kappa shape index (κ2) is 3.82. The van der Waals surface area contributed by atoms with Gasteiger partial charge in [0.15, 0.2) is 5.41 Å². The molecule has 0 bridgehead atoms. The smallest absolute Gasteiger partial charge is 0.170 e. The summed E-state index contributed by atoms with van der Waals surface area (Å²) >= 11 is 0. The molecule has 0 atom stereocenters. The number of halogens is 6. The fourth-order valence-corrected chi connectivity index (χ4v) is 1.26. The van der Waals surface area contributed by atoms with Crippen LogP contribution in [0.15, 0.2) is 25.3 Å². The Hall–Kier alpha value is -0.940. The highest BCUT2D eigenvalue weighted by Gasteiger charge is 2.73. The summed E-state index contributed by atoms with van der Waals surface area (Å²) in [6, 6.07) is 0. The zero-order chi connectivity index (χ0) is 13.4. The number of allylic oxidation sites excluding steroid dienone is 2. The first-order valence-corrected chi connectivity index (χ1v) is 4.28. The Morgan fingerprint density at radius 3 is 1.06 bits per heavy atom. The van der Waals surface area contributed by atoms with Crippen LogP contribution in [0.3, 0.4) is 0 Å². The number of hydrogen-bond acceptors (Lipinski definition) is 0. The van der Waals surface area contributed by atoms with E-state index in [1.165, 1.54) is 0 Å². The molecule has 0 unspecified atom stereocenters. The molecule has 94 valence electrons. The molecule has 0 N–H and O–H groups in total. The van der Waals surface area contributed by atoms with Gasteiger partial charge in [-0.2, -0.15) is 26.3 Å². The molecule has 0 amide bonds. The minimum Gasteiger partial charge on any atom is -0.170 e. The third-order valence-corrected chi connectivity index (χ3v) is 3.06. The fourth-order valence-electron chi connectivity index (χ4n) is 1.26. The van der Waals surface area contributed by atoms with Gasteiger partial charge in [0.1, 0.15) is 0 Å². The zero-order valence-corrected chi connectivity index (χ0v) is 8.84. The molecule has 0 aromatic carbocycles. The lowest BCUT2D eigenvalue weighted by molar-refractivity contribution is -0.356. The van der Waals surface area contributed by atoms with E-state index in [0.717, 1.165) is 6.92 Å². The van der Waals surface area contributed by atoms with E-state index in [2.05, 4.69) is 13.2 Å². The van der Waals surface area contributed by atoms with E-state index in [-0.39, 0.29) is 6.92 Å². The maximum atomic E-state index is 12.7. The Kier molecular flexibility index (Phi) is 3.59. The van der Waals surface area contributed by atoms with Gasteiger partial charge in [-0.05, 0) is 6.92 Å². The molecular weight excluding hydrogens is 234 g/mol. The summed E-state index contributed by atoms with van der Waals surface area (Å²) in [7, 11) is 0. The molecule has 0 spiro atoms.